The lowest BCUT2D eigenvalue weighted by atomic mass is 9.80. The molecule has 4 aromatic rings. The van der Waals surface area contributed by atoms with Crippen LogP contribution in [0.25, 0.3) is 21.5 Å². The summed E-state index contributed by atoms with van der Waals surface area (Å²) in [6, 6.07) is 25.5. The molecule has 0 radical (unpaired) electrons. The van der Waals surface area contributed by atoms with Crippen molar-refractivity contribution in [3.05, 3.63) is 132 Å². The van der Waals surface area contributed by atoms with Gasteiger partial charge in [0.1, 0.15) is 6.54 Å². The maximum absolute atomic E-state index is 12.0. The van der Waals surface area contributed by atoms with Gasteiger partial charge in [-0.15, -0.1) is 0 Å². The molecule has 0 saturated heterocycles. The number of hydrogen-bond acceptors (Lipinski definition) is 6. The molecule has 2 aliphatic rings. The van der Waals surface area contributed by atoms with E-state index in [1.807, 2.05) is 30.4 Å². The van der Waals surface area contributed by atoms with Crippen LogP contribution in [0.3, 0.4) is 0 Å². The summed E-state index contributed by atoms with van der Waals surface area (Å²) in [6.45, 7) is 10.3. The van der Waals surface area contributed by atoms with Crippen LogP contribution in [-0.2, 0) is 35.2 Å². The van der Waals surface area contributed by atoms with Crippen molar-refractivity contribution in [2.24, 2.45) is 0 Å². The van der Waals surface area contributed by atoms with Crippen LogP contribution in [0.15, 0.2) is 121 Å². The molecule has 0 fully saturated rings. The quantitative estimate of drug-likeness (QED) is 0.0423. The minimum absolute atomic E-state index is 0.00873. The van der Waals surface area contributed by atoms with Gasteiger partial charge >= 0.3 is 0 Å². The zero-order valence-electron chi connectivity index (χ0n) is 31.8. The molecule has 6 rings (SSSR count). The third kappa shape index (κ3) is 8.17. The van der Waals surface area contributed by atoms with E-state index < -0.39 is 20.2 Å². The first kappa shape index (κ1) is 39.3. The van der Waals surface area contributed by atoms with Gasteiger partial charge in [-0.3, -0.25) is 8.74 Å². The number of rotatable bonds is 15. The Balaban J connectivity index is 1.26. The summed E-state index contributed by atoms with van der Waals surface area (Å²) in [5.74, 6) is -0.257. The van der Waals surface area contributed by atoms with E-state index >= 15 is 0 Å². The van der Waals surface area contributed by atoms with Crippen LogP contribution >= 0.6 is 0 Å². The zero-order valence-corrected chi connectivity index (χ0v) is 33.5. The molecule has 8 nitrogen and oxygen atoms in total. The van der Waals surface area contributed by atoms with Gasteiger partial charge in [-0.25, -0.2) is 0 Å². The fourth-order valence-electron chi connectivity index (χ4n) is 8.13. The molecule has 0 atom stereocenters. The molecule has 54 heavy (non-hydrogen) atoms. The standard InChI is InChI=1S/C44H50N2O6S2/c1-43(2)37-27-25-34-20-12-14-22-36(34)42(37)46(30-16-18-32-54(50,51)52-5)39(43)23-9-7-6-8-10-24-40-44(3,4)41-35-21-13-11-19-33(35)26-28-38(41)45(40)29-15-17-31-53(47,48)49/h6-14,19-28H,15-18,29-32H2,1-5H3/p+1. The van der Waals surface area contributed by atoms with E-state index in [9.17, 15) is 21.4 Å². The van der Waals surface area contributed by atoms with Crippen molar-refractivity contribution < 1.29 is 30.1 Å². The molecule has 0 aliphatic carbocycles. The van der Waals surface area contributed by atoms with Gasteiger partial charge in [-0.2, -0.15) is 21.4 Å². The monoisotopic (exact) mass is 767 g/mol. The maximum Gasteiger partial charge on any atom is 0.267 e. The van der Waals surface area contributed by atoms with E-state index in [2.05, 4.69) is 126 Å². The Morgan fingerprint density at radius 1 is 0.722 bits per heavy atom. The van der Waals surface area contributed by atoms with Crippen LogP contribution in [0.1, 0.15) is 64.5 Å². The molecule has 284 valence electrons. The van der Waals surface area contributed by atoms with E-state index in [1.165, 1.54) is 45.5 Å². The topological polar surface area (TPSA) is 104 Å². The molecular weight excluding hydrogens is 717 g/mol. The molecule has 0 unspecified atom stereocenters. The summed E-state index contributed by atoms with van der Waals surface area (Å²) >= 11 is 0. The highest BCUT2D eigenvalue weighted by Gasteiger charge is 2.45. The number of allylic oxidation sites excluding steroid dienone is 8. The van der Waals surface area contributed by atoms with E-state index in [4.69, 9.17) is 0 Å². The van der Waals surface area contributed by atoms with Gasteiger partial charge in [0.15, 0.2) is 5.71 Å². The van der Waals surface area contributed by atoms with Crippen LogP contribution in [0.2, 0.25) is 0 Å². The Bertz CT molecular complexity index is 2440. The second-order valence-electron chi connectivity index (χ2n) is 15.1. The van der Waals surface area contributed by atoms with Gasteiger partial charge in [0.25, 0.3) is 20.2 Å². The first-order valence-electron chi connectivity index (χ1n) is 18.6. The average Bonchev–Trinajstić information content (AvgIpc) is 3.49. The second-order valence-corrected chi connectivity index (χ2v) is 18.5. The van der Waals surface area contributed by atoms with Crippen LogP contribution in [0.5, 0.6) is 0 Å². The summed E-state index contributed by atoms with van der Waals surface area (Å²) in [7, 11) is -6.31. The number of nitrogens with zero attached hydrogens (tertiary/aromatic N) is 2. The predicted molar refractivity (Wildman–Crippen MR) is 222 cm³/mol. The van der Waals surface area contributed by atoms with E-state index in [0.717, 1.165) is 17.1 Å². The third-order valence-electron chi connectivity index (χ3n) is 10.8. The minimum atomic E-state index is -4.01. The average molecular weight is 768 g/mol. The van der Waals surface area contributed by atoms with Crippen molar-refractivity contribution in [3.8, 4) is 0 Å². The minimum Gasteiger partial charge on any atom is -0.344 e. The highest BCUT2D eigenvalue weighted by atomic mass is 32.2. The van der Waals surface area contributed by atoms with Crippen LogP contribution < -0.4 is 4.90 Å². The Morgan fingerprint density at radius 3 is 2.07 bits per heavy atom. The first-order chi connectivity index (χ1) is 25.7. The van der Waals surface area contributed by atoms with Gasteiger partial charge < -0.3 is 4.90 Å². The Morgan fingerprint density at radius 2 is 1.35 bits per heavy atom. The molecule has 10 heteroatoms. The number of anilines is 1. The Hall–Kier alpha value is -4.35. The van der Waals surface area contributed by atoms with Gasteiger partial charge in [0.2, 0.25) is 5.69 Å². The summed E-state index contributed by atoms with van der Waals surface area (Å²) in [4.78, 5) is 2.29. The Kier molecular flexibility index (Phi) is 11.5. The molecule has 0 bridgehead atoms. The van der Waals surface area contributed by atoms with Gasteiger partial charge in [-0.1, -0.05) is 105 Å². The summed E-state index contributed by atoms with van der Waals surface area (Å²) < 4.78 is 63.1. The maximum atomic E-state index is 12.0. The smallest absolute Gasteiger partial charge is 0.267 e. The van der Waals surface area contributed by atoms with Gasteiger partial charge in [-0.05, 0) is 73.0 Å². The van der Waals surface area contributed by atoms with Crippen molar-refractivity contribution >= 4 is 58.9 Å². The lowest BCUT2D eigenvalue weighted by Crippen LogP contribution is -2.28. The van der Waals surface area contributed by atoms with Gasteiger partial charge in [0.05, 0.1) is 29.4 Å². The molecular formula is C44H51N2O6S2+. The van der Waals surface area contributed by atoms with Crippen LogP contribution in [-0.4, -0.2) is 63.4 Å². The third-order valence-corrected chi connectivity index (χ3v) is 12.9. The molecule has 4 aromatic carbocycles. The normalized spacial score (nSPS) is 17.7. The van der Waals surface area contributed by atoms with Crippen molar-refractivity contribution in [3.63, 3.8) is 0 Å². The highest BCUT2D eigenvalue weighted by molar-refractivity contribution is 7.86. The van der Waals surface area contributed by atoms with Crippen molar-refractivity contribution in [1.82, 2.24) is 0 Å². The van der Waals surface area contributed by atoms with E-state index in [0.29, 0.717) is 38.8 Å². The molecule has 0 spiro atoms. The number of unbranched alkanes of at least 4 members (excludes halogenated alkanes) is 2. The van der Waals surface area contributed by atoms with Crippen molar-refractivity contribution in [1.29, 1.82) is 0 Å². The highest BCUT2D eigenvalue weighted by Crippen LogP contribution is 2.51. The lowest BCUT2D eigenvalue weighted by molar-refractivity contribution is -0.436. The molecule has 1 N–H and O–H groups in total. The lowest BCUT2D eigenvalue weighted by Gasteiger charge is -2.27. The number of benzene rings is 4. The van der Waals surface area contributed by atoms with Crippen molar-refractivity contribution in [2.45, 2.75) is 64.2 Å². The largest absolute Gasteiger partial charge is 0.344 e. The molecule has 0 aromatic heterocycles. The molecule has 0 saturated carbocycles. The predicted octanol–water partition coefficient (Wildman–Crippen LogP) is 9.14. The van der Waals surface area contributed by atoms with Crippen molar-refractivity contribution in [2.75, 3.05) is 36.6 Å². The summed E-state index contributed by atoms with van der Waals surface area (Å²) in [5.41, 5.74) is 6.52. The van der Waals surface area contributed by atoms with E-state index in [1.54, 1.807) is 0 Å². The first-order valence-corrected chi connectivity index (χ1v) is 21.8. The molecule has 0 amide bonds. The zero-order chi connectivity index (χ0) is 38.7. The van der Waals surface area contributed by atoms with E-state index in [-0.39, 0.29) is 22.3 Å². The summed E-state index contributed by atoms with van der Waals surface area (Å²) in [6.07, 6.45) is 16.7. The number of hydrogen-bond donors (Lipinski definition) is 1. The second kappa shape index (κ2) is 15.8. The fraction of sp³-hybridized carbons (Fsp3) is 0.341. The summed E-state index contributed by atoms with van der Waals surface area (Å²) in [5, 5.41) is 4.73. The van der Waals surface area contributed by atoms with Crippen LogP contribution in [0.4, 0.5) is 11.4 Å². The molecule has 2 heterocycles. The fourth-order valence-corrected chi connectivity index (χ4v) is 9.42. The van der Waals surface area contributed by atoms with Gasteiger partial charge in [0, 0.05) is 41.4 Å². The Labute approximate surface area is 320 Å². The number of fused-ring (bicyclic) bond motifs is 6. The SMILES string of the molecule is COS(=O)(=O)CCCC[N+]1=C(C=CC=CC=CC=C2N(CCCCS(=O)(=O)O)c3ccc4ccccc4c3C2(C)C)C(C)(C)c2ccc3ccccc3c21. The molecule has 2 aliphatic heterocycles. The van der Waals surface area contributed by atoms with Crippen LogP contribution in [0, 0.1) is 0 Å².